The third-order valence-electron chi connectivity index (χ3n) is 2.77. The topological polar surface area (TPSA) is 63.4 Å². The van der Waals surface area contributed by atoms with Crippen molar-refractivity contribution in [3.63, 3.8) is 0 Å². The molecule has 6 heteroatoms. The first-order valence-electron chi connectivity index (χ1n) is 5.74. The summed E-state index contributed by atoms with van der Waals surface area (Å²) in [6.45, 7) is 3.98. The van der Waals surface area contributed by atoms with Crippen LogP contribution in [0.25, 0.3) is 0 Å². The van der Waals surface area contributed by atoms with Crippen molar-refractivity contribution in [1.82, 2.24) is 4.31 Å². The van der Waals surface area contributed by atoms with Crippen LogP contribution in [0.15, 0.2) is 17.0 Å². The molecule has 0 heterocycles. The quantitative estimate of drug-likeness (QED) is 0.883. The van der Waals surface area contributed by atoms with Gasteiger partial charge in [-0.3, -0.25) is 0 Å². The highest BCUT2D eigenvalue weighted by Crippen LogP contribution is 2.24. The van der Waals surface area contributed by atoms with E-state index in [-0.39, 0.29) is 4.90 Å². The average Bonchev–Trinajstić information content (AvgIpc) is 2.23. The van der Waals surface area contributed by atoms with Gasteiger partial charge < -0.3 is 5.73 Å². The summed E-state index contributed by atoms with van der Waals surface area (Å²) in [5.41, 5.74) is 6.21. The molecule has 0 spiro atoms. The van der Waals surface area contributed by atoms with Gasteiger partial charge in [0, 0.05) is 13.6 Å². The molecular formula is C12H19FN2O2S. The third kappa shape index (κ3) is 3.07. The molecular weight excluding hydrogens is 255 g/mol. The zero-order valence-corrected chi connectivity index (χ0v) is 11.7. The Morgan fingerprint density at radius 1 is 1.28 bits per heavy atom. The normalized spacial score (nSPS) is 12.1. The van der Waals surface area contributed by atoms with Crippen LogP contribution in [0.1, 0.15) is 17.5 Å². The molecule has 0 amide bonds. The lowest BCUT2D eigenvalue weighted by Crippen LogP contribution is -2.30. The Balaban J connectivity index is 3.20. The van der Waals surface area contributed by atoms with Crippen LogP contribution in [0.4, 0.5) is 4.39 Å². The Hall–Kier alpha value is -0.980. The zero-order valence-electron chi connectivity index (χ0n) is 10.9. The summed E-state index contributed by atoms with van der Waals surface area (Å²) in [6.07, 6.45) is 0.592. The molecule has 0 aliphatic rings. The van der Waals surface area contributed by atoms with Gasteiger partial charge in [0.25, 0.3) is 0 Å². The van der Waals surface area contributed by atoms with Gasteiger partial charge in [-0.1, -0.05) is 0 Å². The van der Waals surface area contributed by atoms with Crippen molar-refractivity contribution in [2.45, 2.75) is 25.2 Å². The maximum absolute atomic E-state index is 13.2. The first-order valence-corrected chi connectivity index (χ1v) is 7.18. The molecule has 0 aromatic heterocycles. The first kappa shape index (κ1) is 15.1. The van der Waals surface area contributed by atoms with Gasteiger partial charge >= 0.3 is 0 Å². The van der Waals surface area contributed by atoms with Crippen molar-refractivity contribution in [1.29, 1.82) is 0 Å². The minimum atomic E-state index is -3.58. The molecule has 1 aromatic rings. The summed E-state index contributed by atoms with van der Waals surface area (Å²) >= 11 is 0. The molecule has 0 radical (unpaired) electrons. The maximum atomic E-state index is 13.2. The number of benzene rings is 1. The number of sulfonamides is 1. The molecule has 0 aliphatic carbocycles. The number of hydrogen-bond acceptors (Lipinski definition) is 3. The summed E-state index contributed by atoms with van der Waals surface area (Å²) in [5, 5.41) is 0. The molecule has 2 N–H and O–H groups in total. The van der Waals surface area contributed by atoms with Crippen LogP contribution in [0.2, 0.25) is 0 Å². The summed E-state index contributed by atoms with van der Waals surface area (Å²) < 4.78 is 39.1. The Kier molecular flexibility index (Phi) is 4.84. The van der Waals surface area contributed by atoms with E-state index in [2.05, 4.69) is 0 Å². The Labute approximate surface area is 108 Å². The van der Waals surface area contributed by atoms with Crippen LogP contribution >= 0.6 is 0 Å². The molecule has 0 saturated heterocycles. The van der Waals surface area contributed by atoms with E-state index in [9.17, 15) is 12.8 Å². The SMILES string of the molecule is Cc1cc(F)cc(C)c1S(=O)(=O)N(C)CCCN. The maximum Gasteiger partial charge on any atom is 0.243 e. The lowest BCUT2D eigenvalue weighted by atomic mass is 10.1. The molecule has 0 bridgehead atoms. The van der Waals surface area contributed by atoms with Crippen LogP contribution in [0, 0.1) is 19.7 Å². The van der Waals surface area contributed by atoms with Gasteiger partial charge in [-0.25, -0.2) is 17.1 Å². The highest BCUT2D eigenvalue weighted by molar-refractivity contribution is 7.89. The lowest BCUT2D eigenvalue weighted by molar-refractivity contribution is 0.462. The summed E-state index contributed by atoms with van der Waals surface area (Å²) in [4.78, 5) is 0.184. The number of nitrogens with zero attached hydrogens (tertiary/aromatic N) is 1. The molecule has 1 rings (SSSR count). The van der Waals surface area contributed by atoms with Gasteiger partial charge in [0.1, 0.15) is 5.82 Å². The van der Waals surface area contributed by atoms with Gasteiger partial charge in [-0.2, -0.15) is 0 Å². The fourth-order valence-corrected chi connectivity index (χ4v) is 3.51. The van der Waals surface area contributed by atoms with E-state index < -0.39 is 15.8 Å². The molecule has 4 nitrogen and oxygen atoms in total. The minimum absolute atomic E-state index is 0.184. The van der Waals surface area contributed by atoms with Crippen LogP contribution in [0.3, 0.4) is 0 Å². The molecule has 0 aliphatic heterocycles. The second-order valence-corrected chi connectivity index (χ2v) is 6.32. The predicted octanol–water partition coefficient (Wildman–Crippen LogP) is 1.41. The smallest absolute Gasteiger partial charge is 0.243 e. The van der Waals surface area contributed by atoms with E-state index in [4.69, 9.17) is 5.73 Å². The molecule has 0 atom stereocenters. The lowest BCUT2D eigenvalue weighted by Gasteiger charge is -2.19. The highest BCUT2D eigenvalue weighted by atomic mass is 32.2. The van der Waals surface area contributed by atoms with E-state index in [1.807, 2.05) is 0 Å². The van der Waals surface area contributed by atoms with Crippen molar-refractivity contribution in [2.24, 2.45) is 5.73 Å². The Bertz CT molecular complexity index is 506. The third-order valence-corrected chi connectivity index (χ3v) is 4.93. The van der Waals surface area contributed by atoms with E-state index in [0.29, 0.717) is 30.6 Å². The number of aryl methyl sites for hydroxylation is 2. The van der Waals surface area contributed by atoms with Gasteiger partial charge in [0.2, 0.25) is 10.0 Å². The fourth-order valence-electron chi connectivity index (χ4n) is 1.89. The van der Waals surface area contributed by atoms with Gasteiger partial charge in [-0.15, -0.1) is 0 Å². The number of hydrogen-bond donors (Lipinski definition) is 1. The number of halogens is 1. The van der Waals surface area contributed by atoms with Gasteiger partial charge in [0.15, 0.2) is 0 Å². The molecule has 0 saturated carbocycles. The van der Waals surface area contributed by atoms with Crippen molar-refractivity contribution < 1.29 is 12.8 Å². The zero-order chi connectivity index (χ0) is 13.9. The van der Waals surface area contributed by atoms with Gasteiger partial charge in [0.05, 0.1) is 4.90 Å². The van der Waals surface area contributed by atoms with Crippen molar-refractivity contribution in [3.8, 4) is 0 Å². The first-order chi connectivity index (χ1) is 8.30. The fraction of sp³-hybridized carbons (Fsp3) is 0.500. The molecule has 0 fully saturated rings. The van der Waals surface area contributed by atoms with E-state index in [1.165, 1.54) is 23.5 Å². The van der Waals surface area contributed by atoms with Gasteiger partial charge in [-0.05, 0) is 50.1 Å². The minimum Gasteiger partial charge on any atom is -0.330 e. The van der Waals surface area contributed by atoms with E-state index in [0.717, 1.165) is 0 Å². The molecule has 0 unspecified atom stereocenters. The predicted molar refractivity (Wildman–Crippen MR) is 69.4 cm³/mol. The summed E-state index contributed by atoms with van der Waals surface area (Å²) in [6, 6.07) is 2.47. The van der Waals surface area contributed by atoms with Crippen molar-refractivity contribution in [3.05, 3.63) is 29.1 Å². The average molecular weight is 274 g/mol. The highest BCUT2D eigenvalue weighted by Gasteiger charge is 2.24. The largest absolute Gasteiger partial charge is 0.330 e. The van der Waals surface area contributed by atoms with Crippen LogP contribution in [-0.4, -0.2) is 32.9 Å². The number of rotatable bonds is 5. The molecule has 18 heavy (non-hydrogen) atoms. The summed E-state index contributed by atoms with van der Waals surface area (Å²) in [5.74, 6) is -0.423. The van der Waals surface area contributed by atoms with E-state index in [1.54, 1.807) is 13.8 Å². The standard InChI is InChI=1S/C12H19FN2O2S/c1-9-7-11(13)8-10(2)12(9)18(16,17)15(3)6-4-5-14/h7-8H,4-6,14H2,1-3H3. The van der Waals surface area contributed by atoms with Crippen LogP contribution in [0.5, 0.6) is 0 Å². The molecule has 1 aromatic carbocycles. The van der Waals surface area contributed by atoms with Crippen LogP contribution in [-0.2, 0) is 10.0 Å². The number of nitrogens with two attached hydrogens (primary N) is 1. The molecule has 102 valence electrons. The second kappa shape index (κ2) is 5.77. The van der Waals surface area contributed by atoms with Crippen molar-refractivity contribution >= 4 is 10.0 Å². The summed E-state index contributed by atoms with van der Waals surface area (Å²) in [7, 11) is -2.07. The Morgan fingerprint density at radius 3 is 2.22 bits per heavy atom. The van der Waals surface area contributed by atoms with E-state index >= 15 is 0 Å². The van der Waals surface area contributed by atoms with Crippen molar-refractivity contribution in [2.75, 3.05) is 20.1 Å². The monoisotopic (exact) mass is 274 g/mol. The Morgan fingerprint density at radius 2 is 1.78 bits per heavy atom. The van der Waals surface area contributed by atoms with Crippen LogP contribution < -0.4 is 5.73 Å². The second-order valence-electron chi connectivity index (χ2n) is 4.34.